The van der Waals surface area contributed by atoms with Crippen LogP contribution in [0.1, 0.15) is 32.6 Å². The summed E-state index contributed by atoms with van der Waals surface area (Å²) in [5.41, 5.74) is 0. The molecule has 1 saturated carbocycles. The number of ether oxygens (including phenoxy) is 1. The van der Waals surface area contributed by atoms with Gasteiger partial charge in [-0.05, 0) is 44.9 Å². The minimum Gasteiger partial charge on any atom is -0.493 e. The van der Waals surface area contributed by atoms with E-state index in [-0.39, 0.29) is 0 Å². The minimum absolute atomic E-state index is 0.755. The number of rotatable bonds is 4. The molecule has 1 aliphatic heterocycles. The molecule has 1 saturated heterocycles. The molecule has 0 N–H and O–H groups in total. The van der Waals surface area contributed by atoms with Crippen LogP contribution in [0.15, 0.2) is 30.3 Å². The largest absolute Gasteiger partial charge is 0.493 e. The van der Waals surface area contributed by atoms with E-state index in [4.69, 9.17) is 4.74 Å². The lowest BCUT2D eigenvalue weighted by molar-refractivity contribution is 0.137. The topological polar surface area (TPSA) is 12.5 Å². The molecule has 98 valence electrons. The van der Waals surface area contributed by atoms with Crippen molar-refractivity contribution >= 4 is 0 Å². The van der Waals surface area contributed by atoms with Gasteiger partial charge in [0.25, 0.3) is 0 Å². The third-order valence-electron chi connectivity index (χ3n) is 4.37. The molecule has 3 unspecified atom stereocenters. The van der Waals surface area contributed by atoms with Crippen LogP contribution in [0.5, 0.6) is 5.75 Å². The second-order valence-corrected chi connectivity index (χ2v) is 5.77. The average Bonchev–Trinajstić information content (AvgIpc) is 3.18. The van der Waals surface area contributed by atoms with E-state index in [1.54, 1.807) is 0 Å². The molecule has 2 heteroatoms. The van der Waals surface area contributed by atoms with E-state index in [0.717, 1.165) is 30.4 Å². The van der Waals surface area contributed by atoms with Gasteiger partial charge in [0.05, 0.1) is 6.61 Å². The van der Waals surface area contributed by atoms with Gasteiger partial charge in [0, 0.05) is 18.0 Å². The number of likely N-dealkylation sites (tertiary alicyclic amines) is 1. The van der Waals surface area contributed by atoms with E-state index >= 15 is 0 Å². The molecule has 0 radical (unpaired) electrons. The van der Waals surface area contributed by atoms with Gasteiger partial charge in [-0.25, -0.2) is 0 Å². The van der Waals surface area contributed by atoms with Gasteiger partial charge in [-0.2, -0.15) is 0 Å². The summed E-state index contributed by atoms with van der Waals surface area (Å²) >= 11 is 0. The molecular weight excluding hydrogens is 222 g/mol. The first-order chi connectivity index (χ1) is 8.84. The first-order valence-corrected chi connectivity index (χ1v) is 7.28. The Morgan fingerprint density at radius 1 is 1.22 bits per heavy atom. The summed E-state index contributed by atoms with van der Waals surface area (Å²) in [4.78, 5) is 2.71. The van der Waals surface area contributed by atoms with Crippen LogP contribution < -0.4 is 4.74 Å². The Bertz CT molecular complexity index is 378. The molecule has 18 heavy (non-hydrogen) atoms. The molecule has 3 atom stereocenters. The lowest BCUT2D eigenvalue weighted by Gasteiger charge is -2.33. The molecule has 1 aliphatic carbocycles. The third kappa shape index (κ3) is 2.69. The van der Waals surface area contributed by atoms with E-state index < -0.39 is 0 Å². The monoisotopic (exact) mass is 245 g/mol. The fourth-order valence-electron chi connectivity index (χ4n) is 3.15. The van der Waals surface area contributed by atoms with Crippen molar-refractivity contribution in [3.05, 3.63) is 30.3 Å². The van der Waals surface area contributed by atoms with Gasteiger partial charge in [-0.15, -0.1) is 0 Å². The van der Waals surface area contributed by atoms with Crippen molar-refractivity contribution in [2.75, 3.05) is 13.2 Å². The Kier molecular flexibility index (Phi) is 3.55. The quantitative estimate of drug-likeness (QED) is 0.806. The van der Waals surface area contributed by atoms with Crippen LogP contribution >= 0.6 is 0 Å². The number of hydrogen-bond donors (Lipinski definition) is 0. The fourth-order valence-corrected chi connectivity index (χ4v) is 3.15. The van der Waals surface area contributed by atoms with Gasteiger partial charge in [0.1, 0.15) is 5.75 Å². The number of hydrogen-bond acceptors (Lipinski definition) is 2. The summed E-state index contributed by atoms with van der Waals surface area (Å²) in [7, 11) is 0. The summed E-state index contributed by atoms with van der Waals surface area (Å²) in [6, 6.07) is 11.8. The lowest BCUT2D eigenvalue weighted by Crippen LogP contribution is -2.40. The van der Waals surface area contributed by atoms with Gasteiger partial charge in [-0.3, -0.25) is 4.90 Å². The summed E-state index contributed by atoms with van der Waals surface area (Å²) in [5.74, 6) is 1.76. The molecule has 2 nitrogen and oxygen atoms in total. The van der Waals surface area contributed by atoms with Gasteiger partial charge >= 0.3 is 0 Å². The Morgan fingerprint density at radius 2 is 2.06 bits per heavy atom. The van der Waals surface area contributed by atoms with Crippen LogP contribution in [0, 0.1) is 5.92 Å². The number of benzene rings is 1. The summed E-state index contributed by atoms with van der Waals surface area (Å²) in [6.07, 6.45) is 5.50. The van der Waals surface area contributed by atoms with Crippen molar-refractivity contribution in [1.82, 2.24) is 4.90 Å². The predicted octanol–water partition coefficient (Wildman–Crippen LogP) is 3.33. The van der Waals surface area contributed by atoms with E-state index in [1.807, 2.05) is 30.3 Å². The Hall–Kier alpha value is -1.02. The molecule has 2 fully saturated rings. The molecule has 3 rings (SSSR count). The van der Waals surface area contributed by atoms with Crippen molar-refractivity contribution in [1.29, 1.82) is 0 Å². The molecular formula is C16H23NO. The Balaban J connectivity index is 1.46. The van der Waals surface area contributed by atoms with Crippen LogP contribution in [0.4, 0.5) is 0 Å². The van der Waals surface area contributed by atoms with Crippen LogP contribution in [-0.4, -0.2) is 30.1 Å². The zero-order valence-corrected chi connectivity index (χ0v) is 11.2. The van der Waals surface area contributed by atoms with Crippen LogP contribution in [0.25, 0.3) is 0 Å². The number of piperidine rings is 1. The average molecular weight is 245 g/mol. The zero-order valence-electron chi connectivity index (χ0n) is 11.2. The first kappa shape index (κ1) is 12.0. The third-order valence-corrected chi connectivity index (χ3v) is 4.37. The summed E-state index contributed by atoms with van der Waals surface area (Å²) in [5, 5.41) is 0. The van der Waals surface area contributed by atoms with Crippen molar-refractivity contribution in [2.24, 2.45) is 5.92 Å². The maximum absolute atomic E-state index is 5.86. The zero-order chi connectivity index (χ0) is 12.4. The molecule has 2 aliphatic rings. The van der Waals surface area contributed by atoms with Gasteiger partial charge < -0.3 is 4.74 Å². The van der Waals surface area contributed by atoms with Crippen LogP contribution in [0.2, 0.25) is 0 Å². The normalized spacial score (nSPS) is 32.2. The van der Waals surface area contributed by atoms with Crippen molar-refractivity contribution in [2.45, 2.75) is 44.7 Å². The highest BCUT2D eigenvalue weighted by atomic mass is 16.5. The van der Waals surface area contributed by atoms with E-state index in [9.17, 15) is 0 Å². The van der Waals surface area contributed by atoms with E-state index in [0.29, 0.717) is 0 Å². The van der Waals surface area contributed by atoms with Crippen molar-refractivity contribution in [3.8, 4) is 5.75 Å². The van der Waals surface area contributed by atoms with Crippen molar-refractivity contribution < 1.29 is 4.74 Å². The maximum atomic E-state index is 5.86. The second kappa shape index (κ2) is 5.31. The molecule has 0 aromatic heterocycles. The van der Waals surface area contributed by atoms with Gasteiger partial charge in [0.2, 0.25) is 0 Å². The molecule has 0 bridgehead atoms. The highest BCUT2D eigenvalue weighted by Crippen LogP contribution is 2.39. The van der Waals surface area contributed by atoms with Crippen LogP contribution in [-0.2, 0) is 0 Å². The Labute approximate surface area is 110 Å². The smallest absolute Gasteiger partial charge is 0.119 e. The minimum atomic E-state index is 0.755. The Morgan fingerprint density at radius 3 is 2.83 bits per heavy atom. The summed E-state index contributed by atoms with van der Waals surface area (Å²) in [6.45, 7) is 4.57. The lowest BCUT2D eigenvalue weighted by atomic mass is 10.0. The SMILES string of the molecule is CC1CCCCN1C1CC1COc1ccccc1. The molecule has 1 aromatic rings. The van der Waals surface area contributed by atoms with Gasteiger partial charge in [-0.1, -0.05) is 24.6 Å². The summed E-state index contributed by atoms with van der Waals surface area (Å²) < 4.78 is 5.86. The number of nitrogens with zero attached hydrogens (tertiary/aromatic N) is 1. The number of para-hydroxylation sites is 1. The first-order valence-electron chi connectivity index (χ1n) is 7.28. The molecule has 0 amide bonds. The highest BCUT2D eigenvalue weighted by molar-refractivity contribution is 5.21. The van der Waals surface area contributed by atoms with Crippen molar-refractivity contribution in [3.63, 3.8) is 0 Å². The molecule has 1 aromatic carbocycles. The van der Waals surface area contributed by atoms with Gasteiger partial charge in [0.15, 0.2) is 0 Å². The van der Waals surface area contributed by atoms with E-state index in [1.165, 1.54) is 32.2 Å². The second-order valence-electron chi connectivity index (χ2n) is 5.77. The predicted molar refractivity (Wildman–Crippen MR) is 73.9 cm³/mol. The van der Waals surface area contributed by atoms with E-state index in [2.05, 4.69) is 11.8 Å². The van der Waals surface area contributed by atoms with Crippen LogP contribution in [0.3, 0.4) is 0 Å². The standard InChI is InChI=1S/C16H23NO/c1-13-7-5-6-10-17(13)16-11-14(16)12-18-15-8-3-2-4-9-15/h2-4,8-9,13-14,16H,5-7,10-12H2,1H3. The molecule has 1 heterocycles. The maximum Gasteiger partial charge on any atom is 0.119 e. The highest BCUT2D eigenvalue weighted by Gasteiger charge is 2.44. The molecule has 0 spiro atoms. The fraction of sp³-hybridized carbons (Fsp3) is 0.625.